The van der Waals surface area contributed by atoms with Gasteiger partial charge < -0.3 is 9.73 Å². The average Bonchev–Trinajstić information content (AvgIpc) is 3.23. The maximum absolute atomic E-state index is 12.8. The number of hydrogen-bond donors (Lipinski definition) is 1. The lowest BCUT2D eigenvalue weighted by molar-refractivity contribution is 0.0938. The first kappa shape index (κ1) is 18.1. The first-order valence-electron chi connectivity index (χ1n) is 8.71. The zero-order chi connectivity index (χ0) is 19.3. The second-order valence-electron chi connectivity index (χ2n) is 6.14. The average molecular weight is 434 g/mol. The number of carbonyl (C=O) groups is 1. The maximum atomic E-state index is 12.8. The molecule has 1 heterocycles. The Hall–Kier alpha value is -3.25. The minimum atomic E-state index is -0.553. The molecule has 138 valence electrons. The fraction of sp³-hybridized carbons (Fsp3) is 0.0455. The molecule has 5 nitrogen and oxygen atoms in total. The fourth-order valence-corrected chi connectivity index (χ4v) is 3.06. The van der Waals surface area contributed by atoms with E-state index in [0.29, 0.717) is 17.3 Å². The summed E-state index contributed by atoms with van der Waals surface area (Å²) in [5.74, 6) is 0.519. The summed E-state index contributed by atoms with van der Waals surface area (Å²) in [6, 6.07) is 25.7. The molecule has 3 aromatic carbocycles. The number of halogens is 1. The van der Waals surface area contributed by atoms with Crippen LogP contribution in [0.5, 0.6) is 0 Å². The van der Waals surface area contributed by atoms with Crippen LogP contribution in [0.1, 0.15) is 27.9 Å². The number of rotatable bonds is 5. The van der Waals surface area contributed by atoms with Gasteiger partial charge in [0.25, 0.3) is 5.91 Å². The molecule has 28 heavy (non-hydrogen) atoms. The molecule has 4 aromatic rings. The lowest BCUT2D eigenvalue weighted by atomic mass is 10.1. The maximum Gasteiger partial charge on any atom is 0.252 e. The number of benzene rings is 3. The van der Waals surface area contributed by atoms with Gasteiger partial charge in [0.1, 0.15) is 6.04 Å². The second-order valence-corrected chi connectivity index (χ2v) is 7.05. The Morgan fingerprint density at radius 1 is 0.857 bits per heavy atom. The highest BCUT2D eigenvalue weighted by Gasteiger charge is 2.24. The Bertz CT molecular complexity index is 1060. The quantitative estimate of drug-likeness (QED) is 0.479. The van der Waals surface area contributed by atoms with Crippen LogP contribution in [-0.2, 0) is 0 Å². The summed E-state index contributed by atoms with van der Waals surface area (Å²) in [7, 11) is 0. The summed E-state index contributed by atoms with van der Waals surface area (Å²) in [5.41, 5.74) is 2.23. The number of hydrogen-bond acceptors (Lipinski definition) is 4. The van der Waals surface area contributed by atoms with Gasteiger partial charge in [0.05, 0.1) is 0 Å². The Kier molecular flexibility index (Phi) is 5.30. The molecule has 0 bridgehead atoms. The van der Waals surface area contributed by atoms with Gasteiger partial charge in [-0.2, -0.15) is 0 Å². The number of nitrogens with one attached hydrogen (secondary N) is 1. The van der Waals surface area contributed by atoms with E-state index in [2.05, 4.69) is 31.4 Å². The minimum Gasteiger partial charge on any atom is -0.418 e. The number of aromatic nitrogens is 2. The Balaban J connectivity index is 1.66. The minimum absolute atomic E-state index is 0.221. The molecule has 0 aliphatic heterocycles. The highest BCUT2D eigenvalue weighted by molar-refractivity contribution is 9.10. The van der Waals surface area contributed by atoms with Crippen LogP contribution >= 0.6 is 15.9 Å². The lowest BCUT2D eigenvalue weighted by Crippen LogP contribution is -2.29. The predicted octanol–water partition coefficient (Wildman–Crippen LogP) is 5.02. The first-order chi connectivity index (χ1) is 13.7. The van der Waals surface area contributed by atoms with Gasteiger partial charge in [-0.05, 0) is 42.0 Å². The molecular weight excluding hydrogens is 418 g/mol. The van der Waals surface area contributed by atoms with E-state index >= 15 is 0 Å². The van der Waals surface area contributed by atoms with Crippen molar-refractivity contribution < 1.29 is 9.21 Å². The number of carbonyl (C=O) groups excluding carboxylic acids is 1. The van der Waals surface area contributed by atoms with Gasteiger partial charge in [0.15, 0.2) is 0 Å². The summed E-state index contributed by atoms with van der Waals surface area (Å²) >= 11 is 3.38. The molecule has 1 aromatic heterocycles. The summed E-state index contributed by atoms with van der Waals surface area (Å²) in [6.07, 6.45) is 0. The zero-order valence-corrected chi connectivity index (χ0v) is 16.3. The van der Waals surface area contributed by atoms with Gasteiger partial charge in [-0.1, -0.05) is 64.5 Å². The van der Waals surface area contributed by atoms with Crippen LogP contribution in [-0.4, -0.2) is 16.1 Å². The van der Waals surface area contributed by atoms with Crippen molar-refractivity contribution in [1.29, 1.82) is 0 Å². The highest BCUT2D eigenvalue weighted by Crippen LogP contribution is 2.25. The molecule has 0 fully saturated rings. The fourth-order valence-electron chi connectivity index (χ4n) is 2.80. The van der Waals surface area contributed by atoms with Crippen molar-refractivity contribution in [1.82, 2.24) is 15.5 Å². The largest absolute Gasteiger partial charge is 0.418 e. The molecule has 0 aliphatic carbocycles. The highest BCUT2D eigenvalue weighted by atomic mass is 79.9. The van der Waals surface area contributed by atoms with Gasteiger partial charge >= 0.3 is 0 Å². The Morgan fingerprint density at radius 2 is 1.50 bits per heavy atom. The van der Waals surface area contributed by atoms with Gasteiger partial charge in [-0.15, -0.1) is 10.2 Å². The molecule has 0 saturated carbocycles. The molecule has 0 radical (unpaired) electrons. The van der Waals surface area contributed by atoms with E-state index in [4.69, 9.17) is 4.42 Å². The summed E-state index contributed by atoms with van der Waals surface area (Å²) in [4.78, 5) is 12.8. The summed E-state index contributed by atoms with van der Waals surface area (Å²) < 4.78 is 6.81. The number of amides is 1. The predicted molar refractivity (Wildman–Crippen MR) is 110 cm³/mol. The van der Waals surface area contributed by atoms with Crippen LogP contribution in [0, 0.1) is 0 Å². The molecule has 1 amide bonds. The van der Waals surface area contributed by atoms with Crippen LogP contribution in [0.15, 0.2) is 93.8 Å². The van der Waals surface area contributed by atoms with E-state index in [9.17, 15) is 4.79 Å². The summed E-state index contributed by atoms with van der Waals surface area (Å²) in [6.45, 7) is 0. The van der Waals surface area contributed by atoms with Crippen LogP contribution in [0.3, 0.4) is 0 Å². The molecule has 1 atom stereocenters. The molecule has 1 N–H and O–H groups in total. The van der Waals surface area contributed by atoms with Crippen molar-refractivity contribution in [3.63, 3.8) is 0 Å². The van der Waals surface area contributed by atoms with Crippen LogP contribution in [0.25, 0.3) is 11.5 Å². The first-order valence-corrected chi connectivity index (χ1v) is 9.50. The monoisotopic (exact) mass is 433 g/mol. The Labute approximate surface area is 170 Å². The van der Waals surface area contributed by atoms with Crippen molar-refractivity contribution in [3.05, 3.63) is 106 Å². The lowest BCUT2D eigenvalue weighted by Gasteiger charge is -2.16. The number of nitrogens with zero attached hydrogens (tertiary/aromatic N) is 2. The summed E-state index contributed by atoms with van der Waals surface area (Å²) in [5, 5.41) is 11.3. The van der Waals surface area contributed by atoms with Crippen molar-refractivity contribution in [2.75, 3.05) is 0 Å². The van der Waals surface area contributed by atoms with Crippen LogP contribution in [0.4, 0.5) is 0 Å². The third kappa shape index (κ3) is 4.02. The second kappa shape index (κ2) is 8.19. The van der Waals surface area contributed by atoms with Gasteiger partial charge in [0.2, 0.25) is 11.8 Å². The van der Waals surface area contributed by atoms with Gasteiger partial charge in [0, 0.05) is 15.6 Å². The molecule has 0 saturated heterocycles. The van der Waals surface area contributed by atoms with E-state index in [0.717, 1.165) is 15.6 Å². The standard InChI is InChI=1S/C22H16BrN3O2/c23-18-13-11-16(12-14-18)20(27)24-19(15-7-3-1-4-8-15)22-26-25-21(28-22)17-9-5-2-6-10-17/h1-14,19H,(H,24,27). The normalized spacial score (nSPS) is 11.8. The molecule has 1 unspecified atom stereocenters. The van der Waals surface area contributed by atoms with E-state index in [1.165, 1.54) is 0 Å². The molecule has 0 spiro atoms. The molecular formula is C22H16BrN3O2. The van der Waals surface area contributed by atoms with Gasteiger partial charge in [-0.25, -0.2) is 0 Å². The Morgan fingerprint density at radius 3 is 2.18 bits per heavy atom. The third-order valence-corrected chi connectivity index (χ3v) is 4.75. The van der Waals surface area contributed by atoms with Crippen molar-refractivity contribution >= 4 is 21.8 Å². The van der Waals surface area contributed by atoms with Gasteiger partial charge in [-0.3, -0.25) is 4.79 Å². The van der Waals surface area contributed by atoms with Crippen LogP contribution in [0.2, 0.25) is 0 Å². The van der Waals surface area contributed by atoms with E-state index in [1.807, 2.05) is 72.8 Å². The van der Waals surface area contributed by atoms with Crippen molar-refractivity contribution in [3.8, 4) is 11.5 Å². The van der Waals surface area contributed by atoms with Crippen molar-refractivity contribution in [2.24, 2.45) is 0 Å². The molecule has 6 heteroatoms. The van der Waals surface area contributed by atoms with Crippen LogP contribution < -0.4 is 5.32 Å². The SMILES string of the molecule is O=C(NC(c1ccccc1)c1nnc(-c2ccccc2)o1)c1ccc(Br)cc1. The topological polar surface area (TPSA) is 68.0 Å². The van der Waals surface area contributed by atoms with E-state index < -0.39 is 6.04 Å². The third-order valence-electron chi connectivity index (χ3n) is 4.22. The van der Waals surface area contributed by atoms with E-state index in [1.54, 1.807) is 12.1 Å². The van der Waals surface area contributed by atoms with E-state index in [-0.39, 0.29) is 5.91 Å². The smallest absolute Gasteiger partial charge is 0.252 e. The molecule has 0 aliphatic rings. The zero-order valence-electron chi connectivity index (χ0n) is 14.7. The molecule has 4 rings (SSSR count). The van der Waals surface area contributed by atoms with Crippen molar-refractivity contribution in [2.45, 2.75) is 6.04 Å².